The summed E-state index contributed by atoms with van der Waals surface area (Å²) in [6.07, 6.45) is -4.57. The summed E-state index contributed by atoms with van der Waals surface area (Å²) >= 11 is 0. The van der Waals surface area contributed by atoms with E-state index in [4.69, 9.17) is 18.9 Å². The number of hydrogen-bond acceptors (Lipinski definition) is 11. The van der Waals surface area contributed by atoms with Crippen LogP contribution in [0.25, 0.3) is 11.2 Å². The van der Waals surface area contributed by atoms with Gasteiger partial charge in [-0.2, -0.15) is 4.98 Å². The molecule has 2 aliphatic heterocycles. The summed E-state index contributed by atoms with van der Waals surface area (Å²) in [5.41, 5.74) is -0.697. The van der Waals surface area contributed by atoms with Gasteiger partial charge in [-0.25, -0.2) is 9.78 Å². The fourth-order valence-electron chi connectivity index (χ4n) is 3.58. The Hall–Kier alpha value is -3.81. The van der Waals surface area contributed by atoms with Crippen molar-refractivity contribution in [1.82, 2.24) is 19.5 Å². The van der Waals surface area contributed by atoms with Crippen LogP contribution in [0.15, 0.2) is 11.1 Å². The molecule has 0 aliphatic carbocycles. The van der Waals surface area contributed by atoms with Gasteiger partial charge in [-0.1, -0.05) is 0 Å². The van der Waals surface area contributed by atoms with E-state index in [1.807, 2.05) is 0 Å². The first-order chi connectivity index (χ1) is 14.7. The zero-order valence-corrected chi connectivity index (χ0v) is 16.5. The van der Waals surface area contributed by atoms with E-state index in [1.165, 1.54) is 17.8 Å². The van der Waals surface area contributed by atoms with Gasteiger partial charge in [-0.3, -0.25) is 34.0 Å². The van der Waals surface area contributed by atoms with Crippen LogP contribution in [0, 0.1) is 0 Å². The minimum atomic E-state index is -1.36. The Kier molecular flexibility index (Phi) is 4.93. The van der Waals surface area contributed by atoms with E-state index in [0.29, 0.717) is 0 Å². The maximum Gasteiger partial charge on any atom is 0.350 e. The largest absolute Gasteiger partial charge is 0.454 e. The van der Waals surface area contributed by atoms with Gasteiger partial charge in [0, 0.05) is 20.8 Å². The average molecular weight is 435 g/mol. The second-order valence-electron chi connectivity index (χ2n) is 6.92. The van der Waals surface area contributed by atoms with Gasteiger partial charge >= 0.3 is 17.9 Å². The van der Waals surface area contributed by atoms with Gasteiger partial charge in [-0.05, 0) is 0 Å². The Labute approximate surface area is 172 Å². The van der Waals surface area contributed by atoms with E-state index in [1.54, 1.807) is 0 Å². The summed E-state index contributed by atoms with van der Waals surface area (Å²) in [7, 11) is 0. The quantitative estimate of drug-likeness (QED) is 0.433. The molecule has 31 heavy (non-hydrogen) atoms. The first-order valence-electron chi connectivity index (χ1n) is 9.10. The summed E-state index contributed by atoms with van der Waals surface area (Å²) in [4.78, 5) is 69.5. The van der Waals surface area contributed by atoms with Crippen LogP contribution in [-0.4, -0.2) is 67.7 Å². The highest BCUT2D eigenvalue weighted by Crippen LogP contribution is 2.40. The van der Waals surface area contributed by atoms with Crippen LogP contribution >= 0.6 is 0 Å². The maximum atomic E-state index is 12.6. The molecule has 2 N–H and O–H groups in total. The molecule has 2 aromatic heterocycles. The normalized spacial score (nSPS) is 26.9. The number of imidazole rings is 1. The molecular weight excluding hydrogens is 418 g/mol. The van der Waals surface area contributed by atoms with Crippen molar-refractivity contribution in [3.05, 3.63) is 16.7 Å². The number of ether oxygens (including phenoxy) is 4. The molecule has 4 heterocycles. The topological polar surface area (TPSA) is 181 Å². The van der Waals surface area contributed by atoms with Crippen molar-refractivity contribution >= 4 is 40.9 Å². The van der Waals surface area contributed by atoms with Crippen molar-refractivity contribution in [3.63, 3.8) is 0 Å². The molecule has 1 amide bonds. The van der Waals surface area contributed by atoms with Crippen molar-refractivity contribution < 1.29 is 38.1 Å². The number of nitrogens with zero attached hydrogens (tertiary/aromatic N) is 3. The Morgan fingerprint density at radius 2 is 1.84 bits per heavy atom. The van der Waals surface area contributed by atoms with Crippen molar-refractivity contribution in [2.24, 2.45) is 0 Å². The number of aromatic amines is 1. The van der Waals surface area contributed by atoms with E-state index in [9.17, 15) is 24.0 Å². The van der Waals surface area contributed by atoms with E-state index in [2.05, 4.69) is 20.3 Å². The van der Waals surface area contributed by atoms with Gasteiger partial charge < -0.3 is 18.9 Å². The van der Waals surface area contributed by atoms with Crippen LogP contribution < -0.4 is 10.9 Å². The molecule has 2 aromatic rings. The number of rotatable bonds is 4. The van der Waals surface area contributed by atoms with Gasteiger partial charge in [0.2, 0.25) is 18.0 Å². The molecule has 2 aliphatic rings. The minimum absolute atomic E-state index is 0.0109. The van der Waals surface area contributed by atoms with Gasteiger partial charge in [-0.15, -0.1) is 0 Å². The third kappa shape index (κ3) is 3.61. The number of amides is 1. The summed E-state index contributed by atoms with van der Waals surface area (Å²) in [6.45, 7) is 3.53. The zero-order chi connectivity index (χ0) is 22.4. The molecule has 0 unspecified atom stereocenters. The second kappa shape index (κ2) is 7.46. The fourth-order valence-corrected chi connectivity index (χ4v) is 3.58. The van der Waals surface area contributed by atoms with Crippen molar-refractivity contribution in [2.75, 3.05) is 5.32 Å². The average Bonchev–Trinajstić information content (AvgIpc) is 3.29. The Morgan fingerprint density at radius 3 is 2.48 bits per heavy atom. The third-order valence-corrected chi connectivity index (χ3v) is 4.61. The SMILES string of the molecule is CC(=O)Nc1nc2ncn([C@@H]3O[C@H]4[C@@H](OC(=O)[C@H]4OC(C)=O)[C@@H]3OC(C)=O)c2c(=O)[nH]1. The summed E-state index contributed by atoms with van der Waals surface area (Å²) in [5.74, 6) is -2.79. The lowest BCUT2D eigenvalue weighted by Gasteiger charge is -2.22. The number of nitrogens with one attached hydrogen (secondary N) is 2. The lowest BCUT2D eigenvalue weighted by molar-refractivity contribution is -0.174. The highest BCUT2D eigenvalue weighted by atomic mass is 16.7. The van der Waals surface area contributed by atoms with Crippen molar-refractivity contribution in [2.45, 2.75) is 51.4 Å². The van der Waals surface area contributed by atoms with Crippen molar-refractivity contribution in [3.8, 4) is 0 Å². The summed E-state index contributed by atoms with van der Waals surface area (Å²) in [5, 5.41) is 2.35. The fraction of sp³-hybridized carbons (Fsp3) is 0.471. The first-order valence-corrected chi connectivity index (χ1v) is 9.10. The minimum Gasteiger partial charge on any atom is -0.454 e. The van der Waals surface area contributed by atoms with Crippen LogP contribution in [0.3, 0.4) is 0 Å². The van der Waals surface area contributed by atoms with E-state index in [-0.39, 0.29) is 17.1 Å². The number of fused-ring (bicyclic) bond motifs is 2. The molecule has 0 aromatic carbocycles. The summed E-state index contributed by atoms with van der Waals surface area (Å²) in [6, 6.07) is 0. The molecule has 2 saturated heterocycles. The number of hydrogen-bond donors (Lipinski definition) is 2. The molecule has 0 spiro atoms. The number of aromatic nitrogens is 4. The van der Waals surface area contributed by atoms with Crippen LogP contribution in [-0.2, 0) is 38.1 Å². The van der Waals surface area contributed by atoms with Gasteiger partial charge in [0.05, 0.1) is 0 Å². The van der Waals surface area contributed by atoms with Crippen LogP contribution in [0.2, 0.25) is 0 Å². The molecule has 0 radical (unpaired) electrons. The monoisotopic (exact) mass is 435 g/mol. The van der Waals surface area contributed by atoms with Crippen LogP contribution in [0.5, 0.6) is 0 Å². The van der Waals surface area contributed by atoms with E-state index in [0.717, 1.165) is 13.8 Å². The Morgan fingerprint density at radius 1 is 1.13 bits per heavy atom. The highest BCUT2D eigenvalue weighted by molar-refractivity contribution is 5.87. The molecule has 164 valence electrons. The summed E-state index contributed by atoms with van der Waals surface area (Å²) < 4.78 is 22.7. The number of anilines is 1. The molecular formula is C17H17N5O9. The molecule has 14 heteroatoms. The lowest BCUT2D eigenvalue weighted by atomic mass is 10.1. The van der Waals surface area contributed by atoms with Gasteiger partial charge in [0.15, 0.2) is 29.6 Å². The Bertz CT molecular complexity index is 1150. The number of carbonyl (C=O) groups excluding carboxylic acids is 4. The molecule has 5 atom stereocenters. The highest BCUT2D eigenvalue weighted by Gasteiger charge is 2.61. The third-order valence-electron chi connectivity index (χ3n) is 4.61. The van der Waals surface area contributed by atoms with Crippen LogP contribution in [0.4, 0.5) is 5.95 Å². The van der Waals surface area contributed by atoms with Crippen molar-refractivity contribution in [1.29, 1.82) is 0 Å². The van der Waals surface area contributed by atoms with E-state index < -0.39 is 60.0 Å². The second-order valence-corrected chi connectivity index (χ2v) is 6.92. The molecule has 0 saturated carbocycles. The molecule has 4 rings (SSSR count). The number of carbonyl (C=O) groups is 4. The van der Waals surface area contributed by atoms with Crippen LogP contribution in [0.1, 0.15) is 27.0 Å². The lowest BCUT2D eigenvalue weighted by Crippen LogP contribution is -2.36. The molecule has 14 nitrogen and oxygen atoms in total. The van der Waals surface area contributed by atoms with Gasteiger partial charge in [0.25, 0.3) is 5.56 Å². The molecule has 0 bridgehead atoms. The number of H-pyrrole nitrogens is 1. The molecule has 2 fully saturated rings. The predicted octanol–water partition coefficient (Wildman–Crippen LogP) is -1.24. The standard InChI is InChI=1S/C17H17N5O9/c1-5(23)19-17-20-13-8(14(26)21-17)22(4-18-13)15-11(28-6(2)24)9-10(30-15)12(16(27)31-9)29-7(3)25/h4,9-12,15H,1-3H3,(H2,19,20,21,23,26)/t9-,10+,11+,12+,15-/m1/s1. The van der Waals surface area contributed by atoms with Gasteiger partial charge in [0.1, 0.15) is 12.4 Å². The first kappa shape index (κ1) is 20.5. The zero-order valence-electron chi connectivity index (χ0n) is 16.5. The van der Waals surface area contributed by atoms with E-state index >= 15 is 0 Å². The smallest absolute Gasteiger partial charge is 0.350 e. The Balaban J connectivity index is 1.74. The maximum absolute atomic E-state index is 12.6. The number of esters is 3. The predicted molar refractivity (Wildman–Crippen MR) is 97.4 cm³/mol.